The molecular formula is C20H22N2O6. The van der Waals surface area contributed by atoms with Gasteiger partial charge in [-0.15, -0.1) is 0 Å². The summed E-state index contributed by atoms with van der Waals surface area (Å²) in [4.78, 5) is 36.0. The molecule has 0 unspecified atom stereocenters. The second-order valence-electron chi connectivity index (χ2n) is 6.74. The highest BCUT2D eigenvalue weighted by molar-refractivity contribution is 6.03. The molecule has 1 heterocycles. The monoisotopic (exact) mass is 386 g/mol. The summed E-state index contributed by atoms with van der Waals surface area (Å²) in [6.45, 7) is 2.13. The number of carbonyl (C=O) groups excluding carboxylic acids is 2. The highest BCUT2D eigenvalue weighted by atomic mass is 16.6. The van der Waals surface area contributed by atoms with Crippen LogP contribution in [0.5, 0.6) is 0 Å². The van der Waals surface area contributed by atoms with Gasteiger partial charge in [-0.2, -0.15) is 0 Å². The minimum Gasteiger partial charge on any atom is -0.460 e. The number of rotatable bonds is 6. The Hall–Kier alpha value is -3.00. The van der Waals surface area contributed by atoms with Gasteiger partial charge in [0, 0.05) is 48.5 Å². The highest BCUT2D eigenvalue weighted by Crippen LogP contribution is 2.42. The first-order valence-electron chi connectivity index (χ1n) is 9.08. The van der Waals surface area contributed by atoms with Crippen LogP contribution in [0.15, 0.2) is 46.8 Å². The topological polar surface area (TPSA) is 108 Å². The fourth-order valence-corrected chi connectivity index (χ4v) is 3.67. The number of hydrogen-bond donors (Lipinski definition) is 1. The first-order valence-corrected chi connectivity index (χ1v) is 9.08. The number of hydrogen-bond acceptors (Lipinski definition) is 7. The molecule has 148 valence electrons. The van der Waals surface area contributed by atoms with Crippen molar-refractivity contribution in [3.05, 3.63) is 62.5 Å². The Morgan fingerprint density at radius 1 is 1.25 bits per heavy atom. The maximum absolute atomic E-state index is 12.8. The van der Waals surface area contributed by atoms with E-state index in [-0.39, 0.29) is 24.7 Å². The Bertz CT molecular complexity index is 869. The molecule has 0 bridgehead atoms. The molecule has 2 aliphatic rings. The molecule has 28 heavy (non-hydrogen) atoms. The smallest absolute Gasteiger partial charge is 0.336 e. The number of Topliss-reactive ketones (excluding diaryl/α,β-unsaturated/α-hetero) is 1. The largest absolute Gasteiger partial charge is 0.460 e. The average Bonchev–Trinajstić information content (AvgIpc) is 2.67. The van der Waals surface area contributed by atoms with Crippen LogP contribution in [0, 0.1) is 10.1 Å². The second kappa shape index (κ2) is 8.35. The zero-order chi connectivity index (χ0) is 20.3. The third kappa shape index (κ3) is 3.82. The van der Waals surface area contributed by atoms with Crippen LogP contribution in [0.25, 0.3) is 0 Å². The maximum atomic E-state index is 12.8. The summed E-state index contributed by atoms with van der Waals surface area (Å²) in [6.07, 6.45) is 1.88. The van der Waals surface area contributed by atoms with Crippen molar-refractivity contribution in [2.45, 2.75) is 32.1 Å². The number of nitro benzene ring substituents is 1. The quantitative estimate of drug-likeness (QED) is 0.347. The van der Waals surface area contributed by atoms with E-state index in [4.69, 9.17) is 9.47 Å². The standard InChI is InChI=1S/C20H22N2O6/c1-12-17(20(24)28-11-10-27-2)18(13-6-8-14(9-7-13)22(25)26)19-15(21-12)4-3-5-16(19)23/h6-9,18,21H,3-5,10-11H2,1-2H3/t18-/m0/s1. The van der Waals surface area contributed by atoms with Gasteiger partial charge >= 0.3 is 5.97 Å². The summed E-state index contributed by atoms with van der Waals surface area (Å²) in [6, 6.07) is 5.95. The van der Waals surface area contributed by atoms with Crippen LogP contribution >= 0.6 is 0 Å². The molecule has 1 N–H and O–H groups in total. The van der Waals surface area contributed by atoms with E-state index in [1.807, 2.05) is 0 Å². The molecular weight excluding hydrogens is 364 g/mol. The molecule has 0 amide bonds. The lowest BCUT2D eigenvalue weighted by molar-refractivity contribution is -0.384. The Morgan fingerprint density at radius 2 is 1.96 bits per heavy atom. The van der Waals surface area contributed by atoms with E-state index in [1.165, 1.54) is 19.2 Å². The first kappa shape index (κ1) is 19.8. The van der Waals surface area contributed by atoms with Gasteiger partial charge < -0.3 is 14.8 Å². The van der Waals surface area contributed by atoms with E-state index in [0.29, 0.717) is 35.2 Å². The fourth-order valence-electron chi connectivity index (χ4n) is 3.67. The number of nitrogens with one attached hydrogen (secondary N) is 1. The van der Waals surface area contributed by atoms with Crippen molar-refractivity contribution in [3.63, 3.8) is 0 Å². The van der Waals surface area contributed by atoms with E-state index in [9.17, 15) is 19.7 Å². The maximum Gasteiger partial charge on any atom is 0.336 e. The van der Waals surface area contributed by atoms with E-state index in [2.05, 4.69) is 5.32 Å². The summed E-state index contributed by atoms with van der Waals surface area (Å²) < 4.78 is 10.2. The normalized spacial score (nSPS) is 19.2. The molecule has 1 atom stereocenters. The second-order valence-corrected chi connectivity index (χ2v) is 6.74. The Morgan fingerprint density at radius 3 is 2.61 bits per heavy atom. The van der Waals surface area contributed by atoms with Crippen molar-refractivity contribution >= 4 is 17.4 Å². The highest BCUT2D eigenvalue weighted by Gasteiger charge is 2.39. The molecule has 1 aromatic rings. The third-order valence-corrected chi connectivity index (χ3v) is 4.95. The van der Waals surface area contributed by atoms with Crippen molar-refractivity contribution in [2.24, 2.45) is 0 Å². The van der Waals surface area contributed by atoms with Crippen LogP contribution in [0.3, 0.4) is 0 Å². The Balaban J connectivity index is 2.04. The number of nitrogens with zero attached hydrogens (tertiary/aromatic N) is 1. The lowest BCUT2D eigenvalue weighted by Gasteiger charge is -2.34. The number of allylic oxidation sites excluding steroid dienone is 3. The number of ether oxygens (including phenoxy) is 2. The van der Waals surface area contributed by atoms with Crippen LogP contribution in [-0.4, -0.2) is 37.0 Å². The average molecular weight is 386 g/mol. The minimum atomic E-state index is -0.611. The number of benzene rings is 1. The summed E-state index contributed by atoms with van der Waals surface area (Å²) in [7, 11) is 1.51. The Kier molecular flexibility index (Phi) is 5.89. The lowest BCUT2D eigenvalue weighted by atomic mass is 9.75. The number of methoxy groups -OCH3 is 1. The number of carbonyl (C=O) groups is 2. The molecule has 1 aromatic carbocycles. The predicted octanol–water partition coefficient (Wildman–Crippen LogP) is 2.75. The van der Waals surface area contributed by atoms with Crippen LogP contribution in [-0.2, 0) is 19.1 Å². The molecule has 0 spiro atoms. The van der Waals surface area contributed by atoms with Gasteiger partial charge in [0.2, 0.25) is 0 Å². The van der Waals surface area contributed by atoms with Gasteiger partial charge in [-0.25, -0.2) is 4.79 Å². The molecule has 8 nitrogen and oxygen atoms in total. The molecule has 0 saturated heterocycles. The van der Waals surface area contributed by atoms with E-state index < -0.39 is 16.8 Å². The van der Waals surface area contributed by atoms with Crippen molar-refractivity contribution in [1.82, 2.24) is 5.32 Å². The van der Waals surface area contributed by atoms with E-state index in [1.54, 1.807) is 19.1 Å². The van der Waals surface area contributed by atoms with E-state index >= 15 is 0 Å². The fraction of sp³-hybridized carbons (Fsp3) is 0.400. The number of non-ortho nitro benzene ring substituents is 1. The number of esters is 1. The third-order valence-electron chi connectivity index (χ3n) is 4.95. The van der Waals surface area contributed by atoms with Gasteiger partial charge in [-0.1, -0.05) is 12.1 Å². The zero-order valence-corrected chi connectivity index (χ0v) is 15.8. The first-order chi connectivity index (χ1) is 13.4. The van der Waals surface area contributed by atoms with Gasteiger partial charge in [0.1, 0.15) is 6.61 Å². The zero-order valence-electron chi connectivity index (χ0n) is 15.8. The molecule has 0 fully saturated rings. The van der Waals surface area contributed by atoms with Crippen LogP contribution < -0.4 is 5.32 Å². The molecule has 3 rings (SSSR count). The van der Waals surface area contributed by atoms with E-state index in [0.717, 1.165) is 12.1 Å². The van der Waals surface area contributed by atoms with Gasteiger partial charge in [0.25, 0.3) is 5.69 Å². The van der Waals surface area contributed by atoms with Crippen LogP contribution in [0.2, 0.25) is 0 Å². The van der Waals surface area contributed by atoms with Crippen LogP contribution in [0.4, 0.5) is 5.69 Å². The molecule has 0 radical (unpaired) electrons. The van der Waals surface area contributed by atoms with Crippen molar-refractivity contribution in [3.8, 4) is 0 Å². The summed E-state index contributed by atoms with van der Waals surface area (Å²) in [5.74, 6) is -1.16. The minimum absolute atomic E-state index is 0.0215. The van der Waals surface area contributed by atoms with Crippen molar-refractivity contribution in [1.29, 1.82) is 0 Å². The number of ketones is 1. The van der Waals surface area contributed by atoms with Gasteiger partial charge in [0.15, 0.2) is 5.78 Å². The molecule has 1 aliphatic carbocycles. The molecule has 0 aromatic heterocycles. The predicted molar refractivity (Wildman–Crippen MR) is 100 cm³/mol. The lowest BCUT2D eigenvalue weighted by Crippen LogP contribution is -2.34. The summed E-state index contributed by atoms with van der Waals surface area (Å²) in [5.41, 5.74) is 2.92. The SMILES string of the molecule is COCCOC(=O)C1=C(C)NC2=C(C(=O)CCC2)[C@H]1c1ccc([N+](=O)[O-])cc1. The Labute approximate surface area is 162 Å². The van der Waals surface area contributed by atoms with Gasteiger partial charge in [-0.3, -0.25) is 14.9 Å². The van der Waals surface area contributed by atoms with Crippen LogP contribution in [0.1, 0.15) is 37.7 Å². The van der Waals surface area contributed by atoms with Gasteiger partial charge in [0.05, 0.1) is 17.1 Å². The summed E-state index contributed by atoms with van der Waals surface area (Å²) in [5, 5.41) is 14.2. The molecule has 1 aliphatic heterocycles. The van der Waals surface area contributed by atoms with Gasteiger partial charge in [-0.05, 0) is 25.3 Å². The number of nitro groups is 1. The molecule has 0 saturated carbocycles. The number of dihydropyridines is 1. The van der Waals surface area contributed by atoms with Crippen molar-refractivity contribution in [2.75, 3.05) is 20.3 Å². The summed E-state index contributed by atoms with van der Waals surface area (Å²) >= 11 is 0. The van der Waals surface area contributed by atoms with Crippen molar-refractivity contribution < 1.29 is 24.0 Å². The molecule has 8 heteroatoms.